The second-order valence-corrected chi connectivity index (χ2v) is 7.22. The molecule has 0 saturated carbocycles. The number of nitrogens with one attached hydrogen (secondary N) is 3. The van der Waals surface area contributed by atoms with E-state index in [0.29, 0.717) is 6.54 Å². The molecule has 128 valence electrons. The molecule has 0 unspecified atom stereocenters. The number of imidazole rings is 1. The van der Waals surface area contributed by atoms with Crippen molar-refractivity contribution in [2.45, 2.75) is 38.9 Å². The summed E-state index contributed by atoms with van der Waals surface area (Å²) in [5.74, 6) is 0. The number of benzene rings is 1. The summed E-state index contributed by atoms with van der Waals surface area (Å²) in [4.78, 5) is 16.9. The number of aromatic nitrogens is 2. The van der Waals surface area contributed by atoms with Crippen molar-refractivity contribution in [3.05, 3.63) is 39.7 Å². The molecule has 2 heterocycles. The molecule has 1 fully saturated rings. The van der Waals surface area contributed by atoms with Crippen LogP contribution in [0, 0.1) is 0 Å². The lowest BCUT2D eigenvalue weighted by Gasteiger charge is -2.32. The van der Waals surface area contributed by atoms with Crippen molar-refractivity contribution >= 4 is 24.2 Å². The Labute approximate surface area is 141 Å². The Kier molecular flexibility index (Phi) is 4.19. The van der Waals surface area contributed by atoms with E-state index in [1.165, 1.54) is 0 Å². The first kappa shape index (κ1) is 17.0. The number of hydrogen-bond acceptors (Lipinski definition) is 4. The van der Waals surface area contributed by atoms with Gasteiger partial charge in [-0.3, -0.25) is 0 Å². The van der Waals surface area contributed by atoms with Gasteiger partial charge in [0.15, 0.2) is 0 Å². The van der Waals surface area contributed by atoms with Gasteiger partial charge in [0.1, 0.15) is 0 Å². The maximum atomic E-state index is 11.4. The number of rotatable bonds is 4. The average molecular weight is 329 g/mol. The Balaban J connectivity index is 1.94. The van der Waals surface area contributed by atoms with Crippen LogP contribution in [0.4, 0.5) is 0 Å². The lowest BCUT2D eigenvalue weighted by molar-refractivity contribution is 0.00578. The predicted octanol–water partition coefficient (Wildman–Crippen LogP) is 2.09. The molecule has 3 rings (SSSR count). The van der Waals surface area contributed by atoms with Crippen LogP contribution in [0.1, 0.15) is 33.3 Å². The van der Waals surface area contributed by atoms with Gasteiger partial charge in [-0.05, 0) is 57.9 Å². The van der Waals surface area contributed by atoms with Crippen LogP contribution in [0.25, 0.3) is 17.1 Å². The molecule has 0 amide bonds. The molecule has 0 radical (unpaired) electrons. The SMILES string of the molecule is CNCC(=Cc1ccc2[nH]c(=O)[nH]c2c1)B1OC(C)(C)C(C)(C)O1. The van der Waals surface area contributed by atoms with E-state index >= 15 is 0 Å². The van der Waals surface area contributed by atoms with Crippen molar-refractivity contribution in [3.63, 3.8) is 0 Å². The zero-order chi connectivity index (χ0) is 17.5. The molecule has 3 N–H and O–H groups in total. The fourth-order valence-electron chi connectivity index (χ4n) is 2.75. The molecular weight excluding hydrogens is 305 g/mol. The van der Waals surface area contributed by atoms with E-state index in [4.69, 9.17) is 9.31 Å². The lowest BCUT2D eigenvalue weighted by atomic mass is 9.77. The van der Waals surface area contributed by atoms with Crippen molar-refractivity contribution in [2.24, 2.45) is 0 Å². The Morgan fingerprint density at radius 2 is 1.79 bits per heavy atom. The molecule has 1 aromatic heterocycles. The topological polar surface area (TPSA) is 79.1 Å². The van der Waals surface area contributed by atoms with Crippen LogP contribution in [-0.2, 0) is 9.31 Å². The number of hydrogen-bond donors (Lipinski definition) is 3. The molecule has 2 aromatic rings. The fourth-order valence-corrected chi connectivity index (χ4v) is 2.75. The molecule has 1 saturated heterocycles. The Hall–Kier alpha value is -1.83. The summed E-state index contributed by atoms with van der Waals surface area (Å²) in [7, 11) is 1.50. The largest absolute Gasteiger partial charge is 0.491 e. The lowest BCUT2D eigenvalue weighted by Crippen LogP contribution is -2.41. The standard InChI is InChI=1S/C17H24BN3O3/c1-16(2)17(3,4)24-18(23-16)12(10-19-5)8-11-6-7-13-14(9-11)21-15(22)20-13/h6-9,19H,10H2,1-5H3,(H2,20,21,22). The first-order valence-electron chi connectivity index (χ1n) is 8.14. The van der Waals surface area contributed by atoms with Gasteiger partial charge in [0, 0.05) is 6.54 Å². The smallest absolute Gasteiger partial charge is 0.400 e. The summed E-state index contributed by atoms with van der Waals surface area (Å²) in [6.45, 7) is 8.82. The van der Waals surface area contributed by atoms with E-state index in [-0.39, 0.29) is 16.9 Å². The molecule has 1 aliphatic heterocycles. The third kappa shape index (κ3) is 3.07. The predicted molar refractivity (Wildman–Crippen MR) is 96.9 cm³/mol. The van der Waals surface area contributed by atoms with Crippen molar-refractivity contribution < 1.29 is 9.31 Å². The van der Waals surface area contributed by atoms with Gasteiger partial charge in [0.25, 0.3) is 0 Å². The van der Waals surface area contributed by atoms with Crippen LogP contribution in [-0.4, -0.2) is 41.9 Å². The quantitative estimate of drug-likeness (QED) is 0.751. The minimum Gasteiger partial charge on any atom is -0.400 e. The highest BCUT2D eigenvalue weighted by Crippen LogP contribution is 2.38. The monoisotopic (exact) mass is 329 g/mol. The summed E-state index contributed by atoms with van der Waals surface area (Å²) < 4.78 is 12.3. The van der Waals surface area contributed by atoms with Gasteiger partial charge < -0.3 is 24.6 Å². The van der Waals surface area contributed by atoms with Gasteiger partial charge in [-0.2, -0.15) is 0 Å². The first-order chi connectivity index (χ1) is 11.2. The zero-order valence-electron chi connectivity index (χ0n) is 14.8. The molecule has 24 heavy (non-hydrogen) atoms. The third-order valence-electron chi connectivity index (χ3n) is 4.83. The Morgan fingerprint density at radius 1 is 1.17 bits per heavy atom. The van der Waals surface area contributed by atoms with Crippen LogP contribution >= 0.6 is 0 Å². The van der Waals surface area contributed by atoms with Crippen LogP contribution < -0.4 is 11.0 Å². The van der Waals surface area contributed by atoms with Gasteiger partial charge in [-0.1, -0.05) is 12.1 Å². The maximum absolute atomic E-state index is 11.4. The highest BCUT2D eigenvalue weighted by atomic mass is 16.7. The summed E-state index contributed by atoms with van der Waals surface area (Å²) in [6.07, 6.45) is 2.05. The third-order valence-corrected chi connectivity index (χ3v) is 4.83. The number of fused-ring (bicyclic) bond motifs is 1. The maximum Gasteiger partial charge on any atom is 0.491 e. The number of H-pyrrole nitrogens is 2. The van der Waals surface area contributed by atoms with Gasteiger partial charge in [0.05, 0.1) is 22.2 Å². The zero-order valence-corrected chi connectivity index (χ0v) is 14.8. The fraction of sp³-hybridized carbons (Fsp3) is 0.471. The minimum atomic E-state index is -0.400. The first-order valence-corrected chi connectivity index (χ1v) is 8.14. The van der Waals surface area contributed by atoms with E-state index in [0.717, 1.165) is 22.1 Å². The molecule has 1 aromatic carbocycles. The van der Waals surface area contributed by atoms with Gasteiger partial charge in [-0.25, -0.2) is 4.79 Å². The molecular formula is C17H24BN3O3. The molecule has 1 aliphatic rings. The summed E-state index contributed by atoms with van der Waals surface area (Å²) in [6, 6.07) is 5.79. The van der Waals surface area contributed by atoms with Crippen molar-refractivity contribution in [1.29, 1.82) is 0 Å². The van der Waals surface area contributed by atoms with E-state index in [9.17, 15) is 4.79 Å². The van der Waals surface area contributed by atoms with Crippen LogP contribution in [0.5, 0.6) is 0 Å². The normalized spacial score (nSPS) is 20.0. The molecule has 0 spiro atoms. The van der Waals surface area contributed by atoms with E-state index in [1.807, 2.05) is 59.0 Å². The molecule has 0 bridgehead atoms. The van der Waals surface area contributed by atoms with Crippen LogP contribution in [0.2, 0.25) is 0 Å². The minimum absolute atomic E-state index is 0.201. The summed E-state index contributed by atoms with van der Waals surface area (Å²) in [5.41, 5.74) is 2.62. The average Bonchev–Trinajstić information content (AvgIpc) is 2.94. The number of likely N-dealkylation sites (N-methyl/N-ethyl adjacent to an activating group) is 1. The van der Waals surface area contributed by atoms with Crippen LogP contribution in [0.3, 0.4) is 0 Å². The highest BCUT2D eigenvalue weighted by Gasteiger charge is 2.52. The van der Waals surface area contributed by atoms with Gasteiger partial charge >= 0.3 is 12.8 Å². The van der Waals surface area contributed by atoms with Crippen LogP contribution in [0.15, 0.2) is 28.5 Å². The van der Waals surface area contributed by atoms with Crippen molar-refractivity contribution in [1.82, 2.24) is 15.3 Å². The van der Waals surface area contributed by atoms with E-state index in [1.54, 1.807) is 0 Å². The second-order valence-electron chi connectivity index (χ2n) is 7.22. The van der Waals surface area contributed by atoms with E-state index in [2.05, 4.69) is 15.3 Å². The van der Waals surface area contributed by atoms with E-state index < -0.39 is 7.12 Å². The Morgan fingerprint density at radius 3 is 2.42 bits per heavy atom. The summed E-state index contributed by atoms with van der Waals surface area (Å²) in [5, 5.41) is 3.17. The van der Waals surface area contributed by atoms with Crippen molar-refractivity contribution in [2.75, 3.05) is 13.6 Å². The van der Waals surface area contributed by atoms with Gasteiger partial charge in [0.2, 0.25) is 0 Å². The summed E-state index contributed by atoms with van der Waals surface area (Å²) >= 11 is 0. The van der Waals surface area contributed by atoms with Gasteiger partial charge in [-0.15, -0.1) is 0 Å². The Bertz CT molecular complexity index is 819. The second kappa shape index (κ2) is 5.91. The molecule has 6 nitrogen and oxygen atoms in total. The highest BCUT2D eigenvalue weighted by molar-refractivity contribution is 6.55. The van der Waals surface area contributed by atoms with Crippen molar-refractivity contribution in [3.8, 4) is 0 Å². The molecule has 7 heteroatoms. The molecule has 0 atom stereocenters. The number of aromatic amines is 2. The molecule has 0 aliphatic carbocycles.